The molecule has 1 saturated heterocycles. The Balaban J connectivity index is 1.65. The highest BCUT2D eigenvalue weighted by Crippen LogP contribution is 2.47. The number of carbonyl (C=O) groups excluding carboxylic acids is 3. The number of rotatable bonds is 5. The van der Waals surface area contributed by atoms with Crippen molar-refractivity contribution in [3.63, 3.8) is 0 Å². The highest BCUT2D eigenvalue weighted by molar-refractivity contribution is 6.08. The summed E-state index contributed by atoms with van der Waals surface area (Å²) in [4.78, 5) is 37.0. The second kappa shape index (κ2) is 4.55. The standard InChI is InChI=1S/C14H21N3O3/c1-16-14(13(15)20)5-2-3-8(14)4-6-17-11(18)9-7-10(9)12(17)19/h8-10,16H,2-7H2,1H3,(H2,15,20). The lowest BCUT2D eigenvalue weighted by atomic mass is 9.84. The normalized spacial score (nSPS) is 39.2. The van der Waals surface area contributed by atoms with Crippen LogP contribution in [0, 0.1) is 17.8 Å². The van der Waals surface area contributed by atoms with Crippen LogP contribution in [0.15, 0.2) is 0 Å². The lowest BCUT2D eigenvalue weighted by molar-refractivity contribution is -0.141. The molecule has 2 aliphatic carbocycles. The number of amides is 3. The molecule has 6 nitrogen and oxygen atoms in total. The molecule has 3 N–H and O–H groups in total. The molecule has 1 aliphatic heterocycles. The molecule has 0 aromatic carbocycles. The summed E-state index contributed by atoms with van der Waals surface area (Å²) < 4.78 is 0. The number of likely N-dealkylation sites (tertiary alicyclic amines) is 1. The molecule has 4 unspecified atom stereocenters. The Labute approximate surface area is 118 Å². The first-order valence-corrected chi connectivity index (χ1v) is 7.35. The fourth-order valence-corrected chi connectivity index (χ4v) is 4.00. The van der Waals surface area contributed by atoms with E-state index in [0.29, 0.717) is 13.0 Å². The lowest BCUT2D eigenvalue weighted by Gasteiger charge is -2.33. The quantitative estimate of drug-likeness (QED) is 0.671. The molecule has 0 aromatic heterocycles. The van der Waals surface area contributed by atoms with Crippen LogP contribution in [0.2, 0.25) is 0 Å². The molecule has 3 fully saturated rings. The van der Waals surface area contributed by atoms with Crippen LogP contribution in [0.25, 0.3) is 0 Å². The van der Waals surface area contributed by atoms with E-state index in [0.717, 1.165) is 25.7 Å². The molecule has 0 aromatic rings. The van der Waals surface area contributed by atoms with Crippen molar-refractivity contribution >= 4 is 17.7 Å². The van der Waals surface area contributed by atoms with Gasteiger partial charge in [-0.3, -0.25) is 19.3 Å². The van der Waals surface area contributed by atoms with Crippen molar-refractivity contribution in [1.82, 2.24) is 10.2 Å². The first-order valence-electron chi connectivity index (χ1n) is 7.35. The van der Waals surface area contributed by atoms with E-state index in [1.54, 1.807) is 7.05 Å². The summed E-state index contributed by atoms with van der Waals surface area (Å²) in [6, 6.07) is 0. The van der Waals surface area contributed by atoms with E-state index in [2.05, 4.69) is 5.32 Å². The number of hydrogen-bond acceptors (Lipinski definition) is 4. The van der Waals surface area contributed by atoms with Gasteiger partial charge in [0.2, 0.25) is 17.7 Å². The van der Waals surface area contributed by atoms with Crippen LogP contribution in [-0.4, -0.2) is 41.8 Å². The largest absolute Gasteiger partial charge is 0.368 e. The molecule has 3 amide bonds. The van der Waals surface area contributed by atoms with Crippen LogP contribution in [0.3, 0.4) is 0 Å². The first kappa shape index (κ1) is 13.5. The van der Waals surface area contributed by atoms with Gasteiger partial charge in [0.25, 0.3) is 0 Å². The zero-order chi connectivity index (χ0) is 14.5. The van der Waals surface area contributed by atoms with E-state index in [-0.39, 0.29) is 35.5 Å². The molecule has 3 rings (SSSR count). The van der Waals surface area contributed by atoms with Gasteiger partial charge in [0.15, 0.2) is 0 Å². The van der Waals surface area contributed by atoms with Crippen LogP contribution in [-0.2, 0) is 14.4 Å². The number of carbonyl (C=O) groups is 3. The molecule has 4 atom stereocenters. The second-order valence-electron chi connectivity index (χ2n) is 6.24. The summed E-state index contributed by atoms with van der Waals surface area (Å²) in [5.41, 5.74) is 4.88. The van der Waals surface area contributed by atoms with Crippen LogP contribution >= 0.6 is 0 Å². The first-order chi connectivity index (χ1) is 9.51. The Morgan fingerprint density at radius 3 is 2.60 bits per heavy atom. The number of primary amides is 1. The van der Waals surface area contributed by atoms with Gasteiger partial charge in [-0.25, -0.2) is 0 Å². The minimum atomic E-state index is -0.672. The van der Waals surface area contributed by atoms with Crippen LogP contribution in [0.4, 0.5) is 0 Å². The number of nitrogens with zero attached hydrogens (tertiary/aromatic N) is 1. The van der Waals surface area contributed by atoms with E-state index in [4.69, 9.17) is 5.73 Å². The van der Waals surface area contributed by atoms with Gasteiger partial charge in [-0.1, -0.05) is 6.42 Å². The van der Waals surface area contributed by atoms with Crippen LogP contribution < -0.4 is 11.1 Å². The average Bonchev–Trinajstić information content (AvgIpc) is 3.05. The summed E-state index contributed by atoms with van der Waals surface area (Å²) in [6.45, 7) is 0.423. The second-order valence-corrected chi connectivity index (χ2v) is 6.24. The van der Waals surface area contributed by atoms with Gasteiger partial charge >= 0.3 is 0 Å². The number of imide groups is 1. The third-order valence-electron chi connectivity index (χ3n) is 5.36. The van der Waals surface area contributed by atoms with E-state index in [9.17, 15) is 14.4 Å². The van der Waals surface area contributed by atoms with Gasteiger partial charge in [0.1, 0.15) is 5.54 Å². The summed E-state index contributed by atoms with van der Waals surface area (Å²) in [6.07, 6.45) is 3.98. The maximum absolute atomic E-state index is 11.9. The van der Waals surface area contributed by atoms with Gasteiger partial charge in [-0.15, -0.1) is 0 Å². The van der Waals surface area contributed by atoms with Crippen molar-refractivity contribution < 1.29 is 14.4 Å². The number of piperidine rings is 1. The molecular formula is C14H21N3O3. The fourth-order valence-electron chi connectivity index (χ4n) is 4.00. The van der Waals surface area contributed by atoms with Gasteiger partial charge < -0.3 is 11.1 Å². The van der Waals surface area contributed by atoms with Crippen molar-refractivity contribution in [1.29, 1.82) is 0 Å². The van der Waals surface area contributed by atoms with Gasteiger partial charge in [-0.2, -0.15) is 0 Å². The highest BCUT2D eigenvalue weighted by atomic mass is 16.2. The predicted octanol–water partition coefficient (Wildman–Crippen LogP) is -0.375. The molecule has 1 heterocycles. The summed E-state index contributed by atoms with van der Waals surface area (Å²) in [5, 5.41) is 3.08. The van der Waals surface area contributed by atoms with Gasteiger partial charge in [0, 0.05) is 6.54 Å². The number of hydrogen-bond donors (Lipinski definition) is 2. The van der Waals surface area contributed by atoms with Gasteiger partial charge in [-0.05, 0) is 38.6 Å². The van der Waals surface area contributed by atoms with Crippen molar-refractivity contribution in [3.8, 4) is 0 Å². The Bertz CT molecular complexity index is 458. The Hall–Kier alpha value is -1.43. The number of fused-ring (bicyclic) bond motifs is 1. The average molecular weight is 279 g/mol. The van der Waals surface area contributed by atoms with E-state index in [1.165, 1.54) is 4.90 Å². The van der Waals surface area contributed by atoms with E-state index < -0.39 is 5.54 Å². The maximum Gasteiger partial charge on any atom is 0.238 e. The zero-order valence-corrected chi connectivity index (χ0v) is 11.7. The topological polar surface area (TPSA) is 92.5 Å². The highest BCUT2D eigenvalue weighted by Gasteiger charge is 2.58. The molecule has 20 heavy (non-hydrogen) atoms. The van der Waals surface area contributed by atoms with Crippen molar-refractivity contribution in [2.24, 2.45) is 23.5 Å². The van der Waals surface area contributed by atoms with Crippen molar-refractivity contribution in [2.45, 2.75) is 37.6 Å². The smallest absolute Gasteiger partial charge is 0.238 e. The summed E-state index contributed by atoms with van der Waals surface area (Å²) in [7, 11) is 1.75. The molecule has 0 spiro atoms. The van der Waals surface area contributed by atoms with E-state index >= 15 is 0 Å². The third kappa shape index (κ3) is 1.78. The summed E-state index contributed by atoms with van der Waals surface area (Å²) >= 11 is 0. The SMILES string of the molecule is CNC1(C(N)=O)CCCC1CCN1C(=O)C2CC2C1=O. The predicted molar refractivity (Wildman–Crippen MR) is 71.3 cm³/mol. The van der Waals surface area contributed by atoms with Crippen LogP contribution in [0.5, 0.6) is 0 Å². The summed E-state index contributed by atoms with van der Waals surface area (Å²) in [5.74, 6) is -0.362. The minimum Gasteiger partial charge on any atom is -0.368 e. The molecular weight excluding hydrogens is 258 g/mol. The number of nitrogens with one attached hydrogen (secondary N) is 1. The third-order valence-corrected chi connectivity index (χ3v) is 5.36. The van der Waals surface area contributed by atoms with Crippen molar-refractivity contribution in [3.05, 3.63) is 0 Å². The monoisotopic (exact) mass is 279 g/mol. The fraction of sp³-hybridized carbons (Fsp3) is 0.786. The Morgan fingerprint density at radius 2 is 2.05 bits per heavy atom. The Morgan fingerprint density at radius 1 is 1.40 bits per heavy atom. The molecule has 0 radical (unpaired) electrons. The maximum atomic E-state index is 11.9. The molecule has 3 aliphatic rings. The Kier molecular flexibility index (Phi) is 3.08. The minimum absolute atomic E-state index is 0.0212. The van der Waals surface area contributed by atoms with E-state index in [1.807, 2.05) is 0 Å². The zero-order valence-electron chi connectivity index (χ0n) is 11.7. The van der Waals surface area contributed by atoms with Crippen molar-refractivity contribution in [2.75, 3.05) is 13.6 Å². The molecule has 110 valence electrons. The molecule has 0 bridgehead atoms. The number of likely N-dealkylation sites (N-methyl/N-ethyl adjacent to an activating group) is 1. The molecule has 6 heteroatoms. The lowest BCUT2D eigenvalue weighted by Crippen LogP contribution is -2.57. The molecule has 2 saturated carbocycles. The van der Waals surface area contributed by atoms with Gasteiger partial charge in [0.05, 0.1) is 11.8 Å². The number of nitrogens with two attached hydrogens (primary N) is 1. The van der Waals surface area contributed by atoms with Crippen LogP contribution in [0.1, 0.15) is 32.1 Å².